The van der Waals surface area contributed by atoms with Gasteiger partial charge in [-0.3, -0.25) is 4.79 Å². The van der Waals surface area contributed by atoms with Gasteiger partial charge >= 0.3 is 0 Å². The molecule has 0 atom stereocenters. The lowest BCUT2D eigenvalue weighted by atomic mass is 10.7. The van der Waals surface area contributed by atoms with Gasteiger partial charge in [0.2, 0.25) is 0 Å². The smallest absolute Gasteiger partial charge is 0.269 e. The van der Waals surface area contributed by atoms with Crippen LogP contribution in [0.5, 0.6) is 0 Å². The van der Waals surface area contributed by atoms with Gasteiger partial charge in [-0.2, -0.15) is 0 Å². The van der Waals surface area contributed by atoms with E-state index in [9.17, 15) is 4.79 Å². The van der Waals surface area contributed by atoms with E-state index in [2.05, 4.69) is 26.5 Å². The van der Waals surface area contributed by atoms with Gasteiger partial charge in [0.05, 0.1) is 16.1 Å². The zero-order valence-electron chi connectivity index (χ0n) is 3.33. The second kappa shape index (κ2) is 1.57. The van der Waals surface area contributed by atoms with Crippen molar-refractivity contribution in [3.05, 3.63) is 0 Å². The van der Waals surface area contributed by atoms with Crippen molar-refractivity contribution in [3.8, 4) is 0 Å². The molecule has 38 valence electrons. The van der Waals surface area contributed by atoms with E-state index in [0.717, 1.165) is 0 Å². The molecule has 0 aromatic heterocycles. The third kappa shape index (κ3) is 0.957. The van der Waals surface area contributed by atoms with Gasteiger partial charge in [-0.05, 0) is 0 Å². The van der Waals surface area contributed by atoms with Gasteiger partial charge < -0.3 is 0 Å². The second-order valence-electron chi connectivity index (χ2n) is 1.08. The highest BCUT2D eigenvalue weighted by atomic mass is 79.9. The molecule has 0 radical (unpaired) electrons. The Morgan fingerprint density at radius 3 is 2.71 bits per heavy atom. The lowest BCUT2D eigenvalue weighted by molar-refractivity contribution is -0.116. The number of hydrogen-bond acceptors (Lipinski definition) is 3. The van der Waals surface area contributed by atoms with Crippen molar-refractivity contribution in [1.82, 2.24) is 4.03 Å². The average molecular weight is 164 g/mol. The van der Waals surface area contributed by atoms with Gasteiger partial charge in [0.1, 0.15) is 6.54 Å². The Kier molecular flexibility index (Phi) is 1.06. The molecule has 0 saturated heterocycles. The summed E-state index contributed by atoms with van der Waals surface area (Å²) in [4.78, 5) is 10.1. The third-order valence-corrected chi connectivity index (χ3v) is 0.912. The molecule has 1 heterocycles. The van der Waals surface area contributed by atoms with Gasteiger partial charge in [-0.15, -0.1) is 0 Å². The summed E-state index contributed by atoms with van der Waals surface area (Å²) in [5, 5.41) is 6.52. The maximum absolute atomic E-state index is 10.1. The number of halogens is 1. The van der Waals surface area contributed by atoms with Crippen LogP contribution in [0.3, 0.4) is 0 Å². The number of carbonyl (C=O) groups excluding carboxylic acids is 1. The summed E-state index contributed by atoms with van der Waals surface area (Å²) < 4.78 is 1.30. The molecule has 0 aromatic rings. The molecule has 7 heavy (non-hydrogen) atoms. The summed E-state index contributed by atoms with van der Waals surface area (Å²) >= 11 is 2.93. The molecule has 0 spiro atoms. The SMILES string of the molecule is O=C1CN(Br)N=N1. The fourth-order valence-corrected chi connectivity index (χ4v) is 0.559. The zero-order chi connectivity index (χ0) is 5.28. The zero-order valence-corrected chi connectivity index (χ0v) is 4.92. The Labute approximate surface area is 48.5 Å². The molecule has 5 heteroatoms. The van der Waals surface area contributed by atoms with E-state index < -0.39 is 0 Å². The molecular weight excluding hydrogens is 162 g/mol. The maximum atomic E-state index is 10.1. The highest BCUT2D eigenvalue weighted by Gasteiger charge is 2.10. The lowest BCUT2D eigenvalue weighted by Gasteiger charge is -1.91. The van der Waals surface area contributed by atoms with E-state index in [1.54, 1.807) is 0 Å². The summed E-state index contributed by atoms with van der Waals surface area (Å²) in [6.07, 6.45) is 0. The van der Waals surface area contributed by atoms with Gasteiger partial charge in [-0.25, -0.2) is 4.03 Å². The topological polar surface area (TPSA) is 45.0 Å². The fourth-order valence-electron chi connectivity index (χ4n) is 0.273. The van der Waals surface area contributed by atoms with Crippen LogP contribution in [0.4, 0.5) is 0 Å². The minimum atomic E-state index is -0.211. The minimum Gasteiger partial charge on any atom is -0.269 e. The molecule has 1 amide bonds. The van der Waals surface area contributed by atoms with Crippen LogP contribution >= 0.6 is 16.1 Å². The Balaban J connectivity index is 2.58. The predicted octanol–water partition coefficient (Wildman–Crippen LogP) is 0.506. The molecule has 1 aliphatic heterocycles. The second-order valence-corrected chi connectivity index (χ2v) is 1.90. The van der Waals surface area contributed by atoms with Gasteiger partial charge in [0.15, 0.2) is 0 Å². The highest BCUT2D eigenvalue weighted by molar-refractivity contribution is 9.07. The summed E-state index contributed by atoms with van der Waals surface area (Å²) in [6.45, 7) is 0.250. The van der Waals surface area contributed by atoms with Gasteiger partial charge in [0.25, 0.3) is 5.91 Å². The molecule has 0 saturated carbocycles. The van der Waals surface area contributed by atoms with Crippen LogP contribution in [0.15, 0.2) is 10.3 Å². The first-order valence-electron chi connectivity index (χ1n) is 1.67. The highest BCUT2D eigenvalue weighted by Crippen LogP contribution is 2.05. The Morgan fingerprint density at radius 1 is 1.86 bits per heavy atom. The van der Waals surface area contributed by atoms with Crippen LogP contribution in [-0.2, 0) is 4.79 Å². The monoisotopic (exact) mass is 163 g/mol. The molecule has 0 bridgehead atoms. The maximum Gasteiger partial charge on any atom is 0.288 e. The summed E-state index contributed by atoms with van der Waals surface area (Å²) in [5.41, 5.74) is 0. The molecule has 0 aromatic carbocycles. The van der Waals surface area contributed by atoms with E-state index >= 15 is 0 Å². The van der Waals surface area contributed by atoms with Crippen molar-refractivity contribution in [2.24, 2.45) is 10.3 Å². The van der Waals surface area contributed by atoms with E-state index in [1.165, 1.54) is 4.03 Å². The van der Waals surface area contributed by atoms with Crippen LogP contribution in [-0.4, -0.2) is 16.5 Å². The number of rotatable bonds is 0. The van der Waals surface area contributed by atoms with Crippen molar-refractivity contribution in [1.29, 1.82) is 0 Å². The number of carbonyl (C=O) groups is 1. The Bertz CT molecular complexity index is 122. The van der Waals surface area contributed by atoms with Crippen molar-refractivity contribution >= 4 is 22.1 Å². The van der Waals surface area contributed by atoms with Crippen molar-refractivity contribution < 1.29 is 4.79 Å². The predicted molar refractivity (Wildman–Crippen MR) is 25.5 cm³/mol. The largest absolute Gasteiger partial charge is 0.288 e. The van der Waals surface area contributed by atoms with E-state index in [1.807, 2.05) is 0 Å². The average Bonchev–Trinajstić information content (AvgIpc) is 1.87. The lowest BCUT2D eigenvalue weighted by Crippen LogP contribution is -2.04. The molecule has 1 rings (SSSR count). The number of hydrogen-bond donors (Lipinski definition) is 0. The van der Waals surface area contributed by atoms with E-state index in [4.69, 9.17) is 0 Å². The van der Waals surface area contributed by atoms with Crippen LogP contribution in [0.25, 0.3) is 0 Å². The molecule has 0 unspecified atom stereocenters. The number of nitrogens with zero attached hydrogens (tertiary/aromatic N) is 3. The minimum absolute atomic E-state index is 0.211. The van der Waals surface area contributed by atoms with Crippen LogP contribution in [0, 0.1) is 0 Å². The van der Waals surface area contributed by atoms with Crippen molar-refractivity contribution in [2.75, 3.05) is 6.54 Å². The molecule has 0 fully saturated rings. The first-order chi connectivity index (χ1) is 3.29. The summed E-state index contributed by atoms with van der Waals surface area (Å²) in [5.74, 6) is -0.211. The molecule has 0 aliphatic carbocycles. The third-order valence-electron chi connectivity index (χ3n) is 0.519. The normalized spacial score (nSPS) is 19.0. The van der Waals surface area contributed by atoms with Gasteiger partial charge in [0, 0.05) is 0 Å². The molecule has 4 nitrogen and oxygen atoms in total. The first kappa shape index (κ1) is 4.70. The van der Waals surface area contributed by atoms with Gasteiger partial charge in [-0.1, -0.05) is 10.3 Å². The van der Waals surface area contributed by atoms with Crippen molar-refractivity contribution in [2.45, 2.75) is 0 Å². The summed E-state index contributed by atoms with van der Waals surface area (Å²) in [6, 6.07) is 0. The van der Waals surface area contributed by atoms with E-state index in [-0.39, 0.29) is 12.5 Å². The van der Waals surface area contributed by atoms with Crippen LogP contribution < -0.4 is 0 Å². The first-order valence-corrected chi connectivity index (χ1v) is 2.38. The standard InChI is InChI=1S/C2H2BrN3O/c3-6-1-2(7)4-5-6/h1H2. The molecule has 0 N–H and O–H groups in total. The number of amides is 1. The molecule has 1 aliphatic rings. The summed E-state index contributed by atoms with van der Waals surface area (Å²) in [7, 11) is 0. The molecular formula is C2H2BrN3O. The quantitative estimate of drug-likeness (QED) is 0.489. The van der Waals surface area contributed by atoms with Crippen molar-refractivity contribution in [3.63, 3.8) is 0 Å². The van der Waals surface area contributed by atoms with Crippen LogP contribution in [0.1, 0.15) is 0 Å². The van der Waals surface area contributed by atoms with Crippen LogP contribution in [0.2, 0.25) is 0 Å². The Morgan fingerprint density at radius 2 is 2.57 bits per heavy atom. The fraction of sp³-hybridized carbons (Fsp3) is 0.500. The Hall–Kier alpha value is -0.450. The van der Waals surface area contributed by atoms with E-state index in [0.29, 0.717) is 0 Å².